The summed E-state index contributed by atoms with van der Waals surface area (Å²) in [7, 11) is 0. The Morgan fingerprint density at radius 3 is 1.60 bits per heavy atom. The zero-order valence-corrected chi connectivity index (χ0v) is 18.6. The lowest BCUT2D eigenvalue weighted by atomic mass is 10.2. The summed E-state index contributed by atoms with van der Waals surface area (Å²) in [6.45, 7) is 10.5. The number of carbonyl (C=O) groups excluding carboxylic acids is 2. The van der Waals surface area contributed by atoms with Gasteiger partial charge in [0.25, 0.3) is 0 Å². The van der Waals surface area contributed by atoms with Gasteiger partial charge in [0.2, 0.25) is 0 Å². The van der Waals surface area contributed by atoms with Gasteiger partial charge in [-0.15, -0.1) is 0 Å². The first-order valence-corrected chi connectivity index (χ1v) is 10.4. The summed E-state index contributed by atoms with van der Waals surface area (Å²) < 4.78 is 5.52. The summed E-state index contributed by atoms with van der Waals surface area (Å²) in [6.07, 6.45) is 0. The van der Waals surface area contributed by atoms with Crippen LogP contribution in [0.25, 0.3) is 0 Å². The van der Waals surface area contributed by atoms with Crippen molar-refractivity contribution in [3.8, 4) is 0 Å². The molecule has 0 amide bonds. The van der Waals surface area contributed by atoms with Crippen LogP contribution in [0.1, 0.15) is 38.8 Å². The molecule has 0 heterocycles. The monoisotopic (exact) mass is 410 g/mol. The van der Waals surface area contributed by atoms with Crippen molar-refractivity contribution in [2.75, 3.05) is 26.2 Å². The average Bonchev–Trinajstić information content (AvgIpc) is 2.65. The zero-order chi connectivity index (χ0) is 22.0. The number of ether oxygens (including phenoxy) is 1. The predicted octanol–water partition coefficient (Wildman–Crippen LogP) is 3.92. The molecule has 0 radical (unpaired) electrons. The molecule has 2 aromatic carbocycles. The summed E-state index contributed by atoms with van der Waals surface area (Å²) in [5.41, 5.74) is 1.80. The van der Waals surface area contributed by atoms with Crippen LogP contribution in [-0.4, -0.2) is 53.3 Å². The Kier molecular flexibility index (Phi) is 9.21. The number of benzene rings is 2. The van der Waals surface area contributed by atoms with E-state index < -0.39 is 5.60 Å². The second kappa shape index (κ2) is 11.6. The van der Waals surface area contributed by atoms with E-state index in [1.54, 1.807) is 6.92 Å². The van der Waals surface area contributed by atoms with E-state index in [1.165, 1.54) is 5.56 Å². The minimum atomic E-state index is -0.510. The molecule has 0 saturated heterocycles. The Morgan fingerprint density at radius 2 is 1.20 bits per heavy atom. The van der Waals surface area contributed by atoms with Gasteiger partial charge >= 0.3 is 5.97 Å². The van der Waals surface area contributed by atoms with Crippen LogP contribution in [0.3, 0.4) is 0 Å². The van der Waals surface area contributed by atoms with Crippen LogP contribution in [0, 0.1) is 0 Å². The van der Waals surface area contributed by atoms with E-state index in [2.05, 4.69) is 34.1 Å². The van der Waals surface area contributed by atoms with E-state index in [4.69, 9.17) is 4.74 Å². The van der Waals surface area contributed by atoms with E-state index in [-0.39, 0.29) is 18.3 Å². The lowest BCUT2D eigenvalue weighted by Gasteiger charge is -2.28. The molecule has 2 aromatic rings. The number of nitrogens with zero attached hydrogens (tertiary/aromatic N) is 2. The minimum absolute atomic E-state index is 0.132. The molecule has 0 fully saturated rings. The van der Waals surface area contributed by atoms with Gasteiger partial charge in [-0.3, -0.25) is 19.4 Å². The lowest BCUT2D eigenvalue weighted by molar-refractivity contribution is -0.156. The molecule has 0 N–H and O–H groups in total. The minimum Gasteiger partial charge on any atom is -0.459 e. The maximum atomic E-state index is 12.4. The van der Waals surface area contributed by atoms with Crippen LogP contribution in [-0.2, 0) is 27.4 Å². The SMILES string of the molecule is CC(=O)CN(CCN(CC(=O)OC(C)(C)C)Cc1ccccc1)Cc1ccccc1. The van der Waals surface area contributed by atoms with Crippen LogP contribution < -0.4 is 0 Å². The van der Waals surface area contributed by atoms with Gasteiger partial charge in [0.05, 0.1) is 13.1 Å². The zero-order valence-electron chi connectivity index (χ0n) is 18.6. The molecule has 5 heteroatoms. The quantitative estimate of drug-likeness (QED) is 0.526. The molecular weight excluding hydrogens is 376 g/mol. The van der Waals surface area contributed by atoms with Crippen LogP contribution in [0.4, 0.5) is 0 Å². The second-order valence-corrected chi connectivity index (χ2v) is 8.68. The number of hydrogen-bond acceptors (Lipinski definition) is 5. The normalized spacial score (nSPS) is 11.7. The highest BCUT2D eigenvalue weighted by atomic mass is 16.6. The second-order valence-electron chi connectivity index (χ2n) is 8.68. The van der Waals surface area contributed by atoms with Gasteiger partial charge in [0, 0.05) is 26.2 Å². The van der Waals surface area contributed by atoms with Crippen molar-refractivity contribution in [3.63, 3.8) is 0 Å². The number of carbonyl (C=O) groups is 2. The average molecular weight is 411 g/mol. The summed E-state index contributed by atoms with van der Waals surface area (Å²) in [5.74, 6) is -0.104. The molecule has 0 spiro atoms. The Labute approximate surface area is 180 Å². The van der Waals surface area contributed by atoms with E-state index in [0.29, 0.717) is 32.7 Å². The Morgan fingerprint density at radius 1 is 0.767 bits per heavy atom. The van der Waals surface area contributed by atoms with Crippen molar-refractivity contribution < 1.29 is 14.3 Å². The van der Waals surface area contributed by atoms with Crippen LogP contribution >= 0.6 is 0 Å². The van der Waals surface area contributed by atoms with Crippen molar-refractivity contribution >= 4 is 11.8 Å². The third-order valence-electron chi connectivity index (χ3n) is 4.45. The van der Waals surface area contributed by atoms with E-state index in [0.717, 1.165) is 5.56 Å². The van der Waals surface area contributed by atoms with Gasteiger partial charge in [0.15, 0.2) is 0 Å². The van der Waals surface area contributed by atoms with Crippen molar-refractivity contribution in [2.45, 2.75) is 46.4 Å². The van der Waals surface area contributed by atoms with E-state index in [1.807, 2.05) is 57.2 Å². The highest BCUT2D eigenvalue weighted by Crippen LogP contribution is 2.11. The van der Waals surface area contributed by atoms with Crippen molar-refractivity contribution in [3.05, 3.63) is 71.8 Å². The van der Waals surface area contributed by atoms with Crippen LogP contribution in [0.15, 0.2) is 60.7 Å². The first-order chi connectivity index (χ1) is 14.2. The van der Waals surface area contributed by atoms with Crippen molar-refractivity contribution in [1.82, 2.24) is 9.80 Å². The van der Waals surface area contributed by atoms with E-state index >= 15 is 0 Å². The van der Waals surface area contributed by atoms with Gasteiger partial charge < -0.3 is 4.74 Å². The molecule has 0 bridgehead atoms. The fourth-order valence-electron chi connectivity index (χ4n) is 3.27. The number of rotatable bonds is 11. The topological polar surface area (TPSA) is 49.9 Å². The van der Waals surface area contributed by atoms with Gasteiger partial charge in [-0.1, -0.05) is 60.7 Å². The van der Waals surface area contributed by atoms with Crippen molar-refractivity contribution in [2.24, 2.45) is 0 Å². The third-order valence-corrected chi connectivity index (χ3v) is 4.45. The maximum Gasteiger partial charge on any atom is 0.320 e. The molecule has 30 heavy (non-hydrogen) atoms. The number of hydrogen-bond donors (Lipinski definition) is 0. The molecular formula is C25H34N2O3. The molecule has 0 unspecified atom stereocenters. The first-order valence-electron chi connectivity index (χ1n) is 10.4. The van der Waals surface area contributed by atoms with Crippen LogP contribution in [0.2, 0.25) is 0 Å². The summed E-state index contributed by atoms with van der Waals surface area (Å²) in [6, 6.07) is 20.2. The Bertz CT molecular complexity index is 785. The molecule has 0 saturated carbocycles. The highest BCUT2D eigenvalue weighted by molar-refractivity contribution is 5.77. The molecule has 162 valence electrons. The van der Waals surface area contributed by atoms with Crippen LogP contribution in [0.5, 0.6) is 0 Å². The molecule has 0 aliphatic rings. The van der Waals surface area contributed by atoms with E-state index in [9.17, 15) is 9.59 Å². The fourth-order valence-corrected chi connectivity index (χ4v) is 3.27. The molecule has 5 nitrogen and oxygen atoms in total. The highest BCUT2D eigenvalue weighted by Gasteiger charge is 2.20. The number of ketones is 1. The summed E-state index contributed by atoms with van der Waals surface area (Å²) in [5, 5.41) is 0. The third kappa shape index (κ3) is 9.81. The smallest absolute Gasteiger partial charge is 0.320 e. The number of esters is 1. The standard InChI is InChI=1S/C25H34N2O3/c1-21(28)17-26(18-22-11-7-5-8-12-22)15-16-27(19-23-13-9-6-10-14-23)20-24(29)30-25(2,3)4/h5-14H,15-20H2,1-4H3. The summed E-state index contributed by atoms with van der Waals surface area (Å²) >= 11 is 0. The molecule has 2 rings (SSSR count). The largest absolute Gasteiger partial charge is 0.459 e. The number of Topliss-reactive ketones (excluding diaryl/α,β-unsaturated/α-hetero) is 1. The first kappa shape index (κ1) is 23.8. The Balaban J connectivity index is 2.05. The van der Waals surface area contributed by atoms with Gasteiger partial charge in [-0.2, -0.15) is 0 Å². The summed E-state index contributed by atoms with van der Waals surface area (Å²) in [4.78, 5) is 28.4. The lowest BCUT2D eigenvalue weighted by Crippen LogP contribution is -2.40. The molecule has 0 atom stereocenters. The fraction of sp³-hybridized carbons (Fsp3) is 0.440. The molecule has 0 aromatic heterocycles. The predicted molar refractivity (Wildman–Crippen MR) is 120 cm³/mol. The van der Waals surface area contributed by atoms with Gasteiger partial charge in [0.1, 0.15) is 11.4 Å². The molecule has 0 aliphatic heterocycles. The maximum absolute atomic E-state index is 12.4. The Hall–Kier alpha value is -2.50. The van der Waals surface area contributed by atoms with Gasteiger partial charge in [-0.05, 0) is 38.8 Å². The van der Waals surface area contributed by atoms with Gasteiger partial charge in [-0.25, -0.2) is 0 Å². The van der Waals surface area contributed by atoms with Crippen molar-refractivity contribution in [1.29, 1.82) is 0 Å². The molecule has 0 aliphatic carbocycles.